The molecule has 0 amide bonds. The van der Waals surface area contributed by atoms with Crippen LogP contribution in [-0.2, 0) is 4.79 Å². The summed E-state index contributed by atoms with van der Waals surface area (Å²) in [5, 5.41) is 3.51. The number of carbonyl (C=O) groups excluding carboxylic acids is 1. The molecule has 0 unspecified atom stereocenters. The van der Waals surface area contributed by atoms with Gasteiger partial charge in [-0.15, -0.1) is 0 Å². The van der Waals surface area contributed by atoms with E-state index in [2.05, 4.69) is 39.9 Å². The standard InChI is InChI=1S/C15H31NO/c1-9-11(10-2)12(16-15(6,7)8)13(17)14(3,4)5/h11-12,16H,9-10H2,1-8H3/t12-/m0/s1. The van der Waals surface area contributed by atoms with Gasteiger partial charge in [-0.05, 0) is 26.7 Å². The molecule has 1 atom stereocenters. The van der Waals surface area contributed by atoms with Gasteiger partial charge in [0.1, 0.15) is 0 Å². The molecule has 0 heterocycles. The minimum absolute atomic E-state index is 0.0197. The molecule has 1 N–H and O–H groups in total. The highest BCUT2D eigenvalue weighted by molar-refractivity contribution is 5.89. The smallest absolute Gasteiger partial charge is 0.155 e. The Hall–Kier alpha value is -0.370. The number of nitrogens with one attached hydrogen (secondary N) is 1. The SMILES string of the molecule is CCC(CC)[C@H](NC(C)(C)C)C(=O)C(C)(C)C. The van der Waals surface area contributed by atoms with Gasteiger partial charge in [-0.2, -0.15) is 0 Å². The molecule has 0 saturated heterocycles. The number of carbonyl (C=O) groups is 1. The van der Waals surface area contributed by atoms with Crippen molar-refractivity contribution in [2.24, 2.45) is 11.3 Å². The van der Waals surface area contributed by atoms with Crippen molar-refractivity contribution in [3.05, 3.63) is 0 Å². The Morgan fingerprint density at radius 2 is 1.41 bits per heavy atom. The molecule has 0 aromatic heterocycles. The third kappa shape index (κ3) is 5.67. The molecule has 0 aromatic rings. The fourth-order valence-electron chi connectivity index (χ4n) is 2.09. The van der Waals surface area contributed by atoms with Gasteiger partial charge in [-0.25, -0.2) is 0 Å². The Kier molecular flexibility index (Phi) is 5.86. The molecule has 0 aliphatic carbocycles. The van der Waals surface area contributed by atoms with E-state index in [0.29, 0.717) is 11.7 Å². The first-order valence-electron chi connectivity index (χ1n) is 6.85. The van der Waals surface area contributed by atoms with Gasteiger partial charge < -0.3 is 5.32 Å². The van der Waals surface area contributed by atoms with E-state index >= 15 is 0 Å². The summed E-state index contributed by atoms with van der Waals surface area (Å²) in [4.78, 5) is 12.5. The highest BCUT2D eigenvalue weighted by Crippen LogP contribution is 2.25. The number of hydrogen-bond acceptors (Lipinski definition) is 2. The molecular formula is C15H31NO. The van der Waals surface area contributed by atoms with E-state index < -0.39 is 0 Å². The second kappa shape index (κ2) is 5.99. The molecule has 2 nitrogen and oxygen atoms in total. The van der Waals surface area contributed by atoms with E-state index in [4.69, 9.17) is 0 Å². The van der Waals surface area contributed by atoms with Gasteiger partial charge in [-0.1, -0.05) is 47.5 Å². The third-order valence-electron chi connectivity index (χ3n) is 3.13. The summed E-state index contributed by atoms with van der Waals surface area (Å²) in [6.07, 6.45) is 2.10. The lowest BCUT2D eigenvalue weighted by Gasteiger charge is -2.36. The molecule has 2 heteroatoms. The lowest BCUT2D eigenvalue weighted by Crippen LogP contribution is -2.54. The first-order chi connectivity index (χ1) is 7.53. The molecule has 0 aliphatic rings. The van der Waals surface area contributed by atoms with E-state index in [0.717, 1.165) is 12.8 Å². The highest BCUT2D eigenvalue weighted by atomic mass is 16.1. The first kappa shape index (κ1) is 16.6. The lowest BCUT2D eigenvalue weighted by molar-refractivity contribution is -0.130. The van der Waals surface area contributed by atoms with Crippen molar-refractivity contribution in [3.63, 3.8) is 0 Å². The molecule has 0 fully saturated rings. The fraction of sp³-hybridized carbons (Fsp3) is 0.933. The van der Waals surface area contributed by atoms with Crippen LogP contribution in [0, 0.1) is 11.3 Å². The van der Waals surface area contributed by atoms with Gasteiger partial charge in [0.15, 0.2) is 5.78 Å². The molecule has 0 aliphatic heterocycles. The molecular weight excluding hydrogens is 210 g/mol. The van der Waals surface area contributed by atoms with Crippen molar-refractivity contribution in [1.29, 1.82) is 0 Å². The third-order valence-corrected chi connectivity index (χ3v) is 3.13. The molecule has 0 spiro atoms. The van der Waals surface area contributed by atoms with Crippen LogP contribution in [0.1, 0.15) is 68.2 Å². The van der Waals surface area contributed by atoms with Gasteiger partial charge in [0.25, 0.3) is 0 Å². The zero-order valence-corrected chi connectivity index (χ0v) is 13.0. The summed E-state index contributed by atoms with van der Waals surface area (Å²) < 4.78 is 0. The molecule has 0 saturated carbocycles. The number of hydrogen-bond donors (Lipinski definition) is 1. The van der Waals surface area contributed by atoms with Crippen molar-refractivity contribution in [2.75, 3.05) is 0 Å². The van der Waals surface area contributed by atoms with Crippen LogP contribution in [0.2, 0.25) is 0 Å². The number of ketones is 1. The minimum atomic E-state index is -0.272. The van der Waals surface area contributed by atoms with Crippen molar-refractivity contribution < 1.29 is 4.79 Å². The van der Waals surface area contributed by atoms with Crippen LogP contribution < -0.4 is 5.32 Å². The second-order valence-electron chi connectivity index (χ2n) is 7.06. The average Bonchev–Trinajstić information content (AvgIpc) is 2.13. The molecule has 0 rings (SSSR count). The zero-order valence-electron chi connectivity index (χ0n) is 13.0. The van der Waals surface area contributed by atoms with Gasteiger partial charge >= 0.3 is 0 Å². The minimum Gasteiger partial charge on any atom is -0.302 e. The molecule has 17 heavy (non-hydrogen) atoms. The van der Waals surface area contributed by atoms with E-state index in [1.807, 2.05) is 20.8 Å². The molecule has 102 valence electrons. The van der Waals surface area contributed by atoms with E-state index in [9.17, 15) is 4.79 Å². The topological polar surface area (TPSA) is 29.1 Å². The van der Waals surface area contributed by atoms with Crippen LogP contribution >= 0.6 is 0 Å². The Bertz CT molecular complexity index is 241. The number of Topliss-reactive ketones (excluding diaryl/α,β-unsaturated/α-hetero) is 1. The summed E-state index contributed by atoms with van der Waals surface area (Å²) in [7, 11) is 0. The van der Waals surface area contributed by atoms with Crippen LogP contribution in [-0.4, -0.2) is 17.4 Å². The Labute approximate surface area is 108 Å². The van der Waals surface area contributed by atoms with Crippen molar-refractivity contribution in [3.8, 4) is 0 Å². The molecule has 0 aromatic carbocycles. The number of rotatable bonds is 5. The van der Waals surface area contributed by atoms with Crippen LogP contribution in [0.4, 0.5) is 0 Å². The molecule has 0 bridgehead atoms. The summed E-state index contributed by atoms with van der Waals surface area (Å²) in [6.45, 7) is 16.7. The maximum Gasteiger partial charge on any atom is 0.155 e. The Balaban J connectivity index is 5.04. The summed E-state index contributed by atoms with van der Waals surface area (Å²) in [6, 6.07) is -0.0231. The summed E-state index contributed by atoms with van der Waals surface area (Å²) in [5.41, 5.74) is -0.292. The van der Waals surface area contributed by atoms with Gasteiger partial charge in [0.05, 0.1) is 6.04 Å². The summed E-state index contributed by atoms with van der Waals surface area (Å²) >= 11 is 0. The van der Waals surface area contributed by atoms with E-state index in [-0.39, 0.29) is 17.0 Å². The predicted octanol–water partition coefficient (Wildman–Crippen LogP) is 3.79. The van der Waals surface area contributed by atoms with E-state index in [1.165, 1.54) is 0 Å². The van der Waals surface area contributed by atoms with Crippen molar-refractivity contribution in [1.82, 2.24) is 5.32 Å². The maximum atomic E-state index is 12.5. The normalized spacial score (nSPS) is 15.1. The van der Waals surface area contributed by atoms with Gasteiger partial charge in [-0.3, -0.25) is 4.79 Å². The van der Waals surface area contributed by atoms with Gasteiger partial charge in [0, 0.05) is 11.0 Å². The van der Waals surface area contributed by atoms with Crippen molar-refractivity contribution >= 4 is 5.78 Å². The molecule has 0 radical (unpaired) electrons. The first-order valence-corrected chi connectivity index (χ1v) is 6.85. The fourth-order valence-corrected chi connectivity index (χ4v) is 2.09. The van der Waals surface area contributed by atoms with Crippen LogP contribution in [0.15, 0.2) is 0 Å². The van der Waals surface area contributed by atoms with Crippen LogP contribution in [0.25, 0.3) is 0 Å². The predicted molar refractivity (Wildman–Crippen MR) is 75.2 cm³/mol. The van der Waals surface area contributed by atoms with Crippen LogP contribution in [0.3, 0.4) is 0 Å². The lowest BCUT2D eigenvalue weighted by atomic mass is 9.79. The Morgan fingerprint density at radius 1 is 1.00 bits per heavy atom. The zero-order chi connectivity index (χ0) is 13.9. The van der Waals surface area contributed by atoms with Crippen LogP contribution in [0.5, 0.6) is 0 Å². The van der Waals surface area contributed by atoms with E-state index in [1.54, 1.807) is 0 Å². The quantitative estimate of drug-likeness (QED) is 0.793. The Morgan fingerprint density at radius 3 is 1.65 bits per heavy atom. The van der Waals surface area contributed by atoms with Crippen molar-refractivity contribution in [2.45, 2.75) is 79.8 Å². The monoisotopic (exact) mass is 241 g/mol. The maximum absolute atomic E-state index is 12.5. The summed E-state index contributed by atoms with van der Waals surface area (Å²) in [5.74, 6) is 0.766. The average molecular weight is 241 g/mol. The second-order valence-corrected chi connectivity index (χ2v) is 7.06. The largest absolute Gasteiger partial charge is 0.302 e. The van der Waals surface area contributed by atoms with Gasteiger partial charge in [0.2, 0.25) is 0 Å². The highest BCUT2D eigenvalue weighted by Gasteiger charge is 2.35.